The molecule has 0 spiro atoms. The Hall–Kier alpha value is -1.83. The van der Waals surface area contributed by atoms with E-state index in [0.29, 0.717) is 0 Å². The van der Waals surface area contributed by atoms with Crippen molar-refractivity contribution < 1.29 is 4.39 Å². The minimum atomic E-state index is -0.169. The van der Waals surface area contributed by atoms with Gasteiger partial charge in [0.05, 0.1) is 0 Å². The van der Waals surface area contributed by atoms with E-state index in [4.69, 9.17) is 0 Å². The molecule has 0 heterocycles. The molecule has 2 aromatic rings. The van der Waals surface area contributed by atoms with Gasteiger partial charge in [0.15, 0.2) is 0 Å². The van der Waals surface area contributed by atoms with Crippen molar-refractivity contribution in [2.45, 2.75) is 32.7 Å². The van der Waals surface area contributed by atoms with E-state index in [1.54, 1.807) is 12.1 Å². The third-order valence-corrected chi connectivity index (χ3v) is 3.18. The van der Waals surface area contributed by atoms with Gasteiger partial charge in [-0.2, -0.15) is 0 Å². The molecule has 0 saturated heterocycles. The topological polar surface area (TPSA) is 12.0 Å². The molecular weight excluding hydrogens is 237 g/mol. The SMILES string of the molecule is CCc1cccc(NC(C)Cc2cccc(F)c2)c1. The third-order valence-electron chi connectivity index (χ3n) is 3.18. The Morgan fingerprint density at radius 1 is 1.05 bits per heavy atom. The Bertz CT molecular complexity index is 536. The van der Waals surface area contributed by atoms with Crippen molar-refractivity contribution in [1.82, 2.24) is 0 Å². The van der Waals surface area contributed by atoms with Gasteiger partial charge in [0.25, 0.3) is 0 Å². The number of benzene rings is 2. The first-order valence-corrected chi connectivity index (χ1v) is 6.77. The van der Waals surface area contributed by atoms with Gasteiger partial charge in [-0.3, -0.25) is 0 Å². The van der Waals surface area contributed by atoms with E-state index in [9.17, 15) is 4.39 Å². The highest BCUT2D eigenvalue weighted by Crippen LogP contribution is 2.14. The average molecular weight is 257 g/mol. The molecular formula is C17H20FN. The van der Waals surface area contributed by atoms with Crippen LogP contribution in [-0.4, -0.2) is 6.04 Å². The molecule has 1 unspecified atom stereocenters. The van der Waals surface area contributed by atoms with Gasteiger partial charge in [-0.1, -0.05) is 31.2 Å². The summed E-state index contributed by atoms with van der Waals surface area (Å²) >= 11 is 0. The lowest BCUT2D eigenvalue weighted by molar-refractivity contribution is 0.624. The van der Waals surface area contributed by atoms with Crippen molar-refractivity contribution in [2.75, 3.05) is 5.32 Å². The molecule has 0 aliphatic rings. The summed E-state index contributed by atoms with van der Waals surface area (Å²) in [5.74, 6) is -0.169. The number of rotatable bonds is 5. The molecule has 0 bridgehead atoms. The Labute approximate surface area is 114 Å². The monoisotopic (exact) mass is 257 g/mol. The maximum absolute atomic E-state index is 13.1. The number of aryl methyl sites for hydroxylation is 1. The van der Waals surface area contributed by atoms with Gasteiger partial charge in [0, 0.05) is 11.7 Å². The molecule has 100 valence electrons. The van der Waals surface area contributed by atoms with E-state index in [2.05, 4.69) is 43.4 Å². The van der Waals surface area contributed by atoms with Crippen molar-refractivity contribution in [3.05, 3.63) is 65.5 Å². The van der Waals surface area contributed by atoms with Gasteiger partial charge in [0.2, 0.25) is 0 Å². The molecule has 0 radical (unpaired) electrons. The smallest absolute Gasteiger partial charge is 0.123 e. The summed E-state index contributed by atoms with van der Waals surface area (Å²) < 4.78 is 13.1. The lowest BCUT2D eigenvalue weighted by Crippen LogP contribution is -2.18. The Morgan fingerprint density at radius 2 is 1.79 bits per heavy atom. The Balaban J connectivity index is 1.98. The molecule has 1 atom stereocenters. The minimum absolute atomic E-state index is 0.169. The second-order valence-corrected chi connectivity index (χ2v) is 4.93. The number of halogens is 1. The van der Waals surface area contributed by atoms with Gasteiger partial charge < -0.3 is 5.32 Å². The Kier molecular flexibility index (Phi) is 4.56. The predicted molar refractivity (Wildman–Crippen MR) is 79.0 cm³/mol. The Morgan fingerprint density at radius 3 is 2.53 bits per heavy atom. The van der Waals surface area contributed by atoms with Gasteiger partial charge in [-0.15, -0.1) is 0 Å². The van der Waals surface area contributed by atoms with Gasteiger partial charge in [-0.25, -0.2) is 4.39 Å². The lowest BCUT2D eigenvalue weighted by Gasteiger charge is -2.16. The summed E-state index contributed by atoms with van der Waals surface area (Å²) in [5, 5.41) is 3.46. The number of hydrogen-bond donors (Lipinski definition) is 1. The van der Waals surface area contributed by atoms with Gasteiger partial charge in [-0.05, 0) is 55.2 Å². The summed E-state index contributed by atoms with van der Waals surface area (Å²) in [5.41, 5.74) is 3.47. The maximum Gasteiger partial charge on any atom is 0.123 e. The van der Waals surface area contributed by atoms with Crippen LogP contribution in [0.5, 0.6) is 0 Å². The largest absolute Gasteiger partial charge is 0.382 e. The highest BCUT2D eigenvalue weighted by molar-refractivity contribution is 5.46. The van der Waals surface area contributed by atoms with Crippen LogP contribution in [0.25, 0.3) is 0 Å². The van der Waals surface area contributed by atoms with Crippen LogP contribution < -0.4 is 5.32 Å². The highest BCUT2D eigenvalue weighted by atomic mass is 19.1. The van der Waals surface area contributed by atoms with Crippen LogP contribution in [0.2, 0.25) is 0 Å². The third kappa shape index (κ3) is 4.09. The highest BCUT2D eigenvalue weighted by Gasteiger charge is 2.04. The van der Waals surface area contributed by atoms with E-state index >= 15 is 0 Å². The van der Waals surface area contributed by atoms with Gasteiger partial charge in [0.1, 0.15) is 5.82 Å². The summed E-state index contributed by atoms with van der Waals surface area (Å²) in [6, 6.07) is 15.5. The second kappa shape index (κ2) is 6.37. The predicted octanol–water partition coefficient (Wildman–Crippen LogP) is 4.43. The molecule has 2 heteroatoms. The molecule has 0 saturated carbocycles. The van der Waals surface area contributed by atoms with E-state index < -0.39 is 0 Å². The maximum atomic E-state index is 13.1. The molecule has 2 aromatic carbocycles. The van der Waals surface area contributed by atoms with Crippen molar-refractivity contribution in [3.8, 4) is 0 Å². The molecule has 0 aromatic heterocycles. The summed E-state index contributed by atoms with van der Waals surface area (Å²) in [4.78, 5) is 0. The fraction of sp³-hybridized carbons (Fsp3) is 0.294. The molecule has 0 aliphatic carbocycles. The minimum Gasteiger partial charge on any atom is -0.382 e. The lowest BCUT2D eigenvalue weighted by atomic mass is 10.1. The van der Waals surface area contributed by atoms with Crippen molar-refractivity contribution >= 4 is 5.69 Å². The van der Waals surface area contributed by atoms with Crippen LogP contribution in [0, 0.1) is 5.82 Å². The quantitative estimate of drug-likeness (QED) is 0.835. The fourth-order valence-electron chi connectivity index (χ4n) is 2.23. The average Bonchev–Trinajstić information content (AvgIpc) is 2.38. The zero-order valence-electron chi connectivity index (χ0n) is 11.5. The van der Waals surface area contributed by atoms with Crippen molar-refractivity contribution in [1.29, 1.82) is 0 Å². The first-order chi connectivity index (χ1) is 9.17. The standard InChI is InChI=1S/C17H20FN/c1-3-14-6-5-9-17(12-14)19-13(2)10-15-7-4-8-16(18)11-15/h4-9,11-13,19H,3,10H2,1-2H3. The van der Waals surface area contributed by atoms with Crippen LogP contribution in [0.15, 0.2) is 48.5 Å². The van der Waals surface area contributed by atoms with E-state index in [0.717, 1.165) is 24.1 Å². The van der Waals surface area contributed by atoms with Crippen molar-refractivity contribution in [3.63, 3.8) is 0 Å². The number of anilines is 1. The second-order valence-electron chi connectivity index (χ2n) is 4.93. The van der Waals surface area contributed by atoms with Crippen molar-refractivity contribution in [2.24, 2.45) is 0 Å². The van der Waals surface area contributed by atoms with E-state index in [1.807, 2.05) is 6.07 Å². The van der Waals surface area contributed by atoms with E-state index in [1.165, 1.54) is 11.6 Å². The molecule has 2 rings (SSSR count). The van der Waals surface area contributed by atoms with Crippen LogP contribution in [0.1, 0.15) is 25.0 Å². The van der Waals surface area contributed by atoms with E-state index in [-0.39, 0.29) is 11.9 Å². The number of hydrogen-bond acceptors (Lipinski definition) is 1. The first-order valence-electron chi connectivity index (χ1n) is 6.77. The first kappa shape index (κ1) is 13.6. The molecule has 0 fully saturated rings. The molecule has 0 amide bonds. The van der Waals surface area contributed by atoms with Gasteiger partial charge >= 0.3 is 0 Å². The molecule has 19 heavy (non-hydrogen) atoms. The molecule has 1 N–H and O–H groups in total. The molecule has 1 nitrogen and oxygen atoms in total. The number of nitrogens with one attached hydrogen (secondary N) is 1. The zero-order valence-corrected chi connectivity index (χ0v) is 11.5. The summed E-state index contributed by atoms with van der Waals surface area (Å²) in [6.45, 7) is 4.26. The summed E-state index contributed by atoms with van der Waals surface area (Å²) in [6.07, 6.45) is 1.85. The summed E-state index contributed by atoms with van der Waals surface area (Å²) in [7, 11) is 0. The van der Waals surface area contributed by atoms with Crippen LogP contribution in [0.4, 0.5) is 10.1 Å². The zero-order chi connectivity index (χ0) is 13.7. The fourth-order valence-corrected chi connectivity index (χ4v) is 2.23. The van der Waals surface area contributed by atoms with Crippen LogP contribution in [-0.2, 0) is 12.8 Å². The molecule has 0 aliphatic heterocycles. The normalized spacial score (nSPS) is 12.2. The van der Waals surface area contributed by atoms with Crippen LogP contribution in [0.3, 0.4) is 0 Å². The van der Waals surface area contributed by atoms with Crippen LogP contribution >= 0.6 is 0 Å².